The van der Waals surface area contributed by atoms with Gasteiger partial charge in [-0.2, -0.15) is 0 Å². The molecule has 0 unspecified atom stereocenters. The van der Waals surface area contributed by atoms with Gasteiger partial charge in [0.1, 0.15) is 0 Å². The summed E-state index contributed by atoms with van der Waals surface area (Å²) >= 11 is 0. The predicted molar refractivity (Wildman–Crippen MR) is 57.1 cm³/mol. The molecule has 0 saturated heterocycles. The first-order chi connectivity index (χ1) is 6.43. The van der Waals surface area contributed by atoms with Crippen LogP contribution < -0.4 is 0 Å². The first-order valence-corrected chi connectivity index (χ1v) is 5.34. The number of carboxylic acids is 1. The molecule has 0 aliphatic heterocycles. The maximum atomic E-state index is 10.5. The van der Waals surface area contributed by atoms with Crippen molar-refractivity contribution in [2.24, 2.45) is 17.3 Å². The molecule has 0 spiro atoms. The minimum atomic E-state index is -0.835. The number of rotatable bonds is 2. The first-order valence-electron chi connectivity index (χ1n) is 5.34. The lowest BCUT2D eigenvalue weighted by molar-refractivity contribution is -0.131. The van der Waals surface area contributed by atoms with Gasteiger partial charge in [0.25, 0.3) is 0 Å². The van der Waals surface area contributed by atoms with E-state index in [0.29, 0.717) is 11.8 Å². The summed E-state index contributed by atoms with van der Waals surface area (Å²) < 4.78 is 0. The highest BCUT2D eigenvalue weighted by Crippen LogP contribution is 2.44. The molecule has 14 heavy (non-hydrogen) atoms. The quantitative estimate of drug-likeness (QED) is 0.689. The molecular weight excluding hydrogens is 176 g/mol. The highest BCUT2D eigenvalue weighted by Gasteiger charge is 2.34. The Morgan fingerprint density at radius 1 is 1.50 bits per heavy atom. The zero-order valence-corrected chi connectivity index (χ0v) is 9.29. The average molecular weight is 196 g/mol. The standard InChI is InChI=1S/C12H20O2/c1-9-5-4-8-12(2,3)10(9)6-7-11(13)14/h6-7,9-10H,4-5,8H2,1-3H3,(H,13,14)/t9-,10+/m0/s1. The largest absolute Gasteiger partial charge is 0.478 e. The van der Waals surface area contributed by atoms with Gasteiger partial charge in [-0.15, -0.1) is 0 Å². The maximum Gasteiger partial charge on any atom is 0.327 e. The van der Waals surface area contributed by atoms with Crippen LogP contribution in [-0.2, 0) is 4.79 Å². The molecule has 1 aliphatic carbocycles. The Labute approximate surface area is 86.0 Å². The molecule has 80 valence electrons. The molecule has 1 N–H and O–H groups in total. The highest BCUT2D eigenvalue weighted by molar-refractivity contribution is 5.79. The molecule has 1 rings (SSSR count). The summed E-state index contributed by atoms with van der Waals surface area (Å²) in [4.78, 5) is 10.5. The second kappa shape index (κ2) is 4.16. The fourth-order valence-corrected chi connectivity index (χ4v) is 2.63. The smallest absolute Gasteiger partial charge is 0.327 e. The van der Waals surface area contributed by atoms with E-state index in [1.165, 1.54) is 25.3 Å². The van der Waals surface area contributed by atoms with E-state index in [0.717, 1.165) is 0 Å². The van der Waals surface area contributed by atoms with Gasteiger partial charge in [0.15, 0.2) is 0 Å². The van der Waals surface area contributed by atoms with Crippen molar-refractivity contribution in [3.63, 3.8) is 0 Å². The molecule has 0 bridgehead atoms. The van der Waals surface area contributed by atoms with Gasteiger partial charge in [0.2, 0.25) is 0 Å². The van der Waals surface area contributed by atoms with Crippen molar-refractivity contribution >= 4 is 5.97 Å². The fourth-order valence-electron chi connectivity index (χ4n) is 2.63. The molecular formula is C12H20O2. The third-order valence-corrected chi connectivity index (χ3v) is 3.44. The summed E-state index contributed by atoms with van der Waals surface area (Å²) in [5.41, 5.74) is 0.254. The molecule has 0 aromatic heterocycles. The molecule has 1 saturated carbocycles. The van der Waals surface area contributed by atoms with Crippen molar-refractivity contribution in [1.29, 1.82) is 0 Å². The zero-order chi connectivity index (χ0) is 10.8. The van der Waals surface area contributed by atoms with Gasteiger partial charge in [0, 0.05) is 6.08 Å². The molecule has 1 fully saturated rings. The van der Waals surface area contributed by atoms with Crippen LogP contribution in [0.5, 0.6) is 0 Å². The first kappa shape index (κ1) is 11.3. The molecule has 2 heteroatoms. The molecule has 0 radical (unpaired) electrons. The van der Waals surface area contributed by atoms with Gasteiger partial charge >= 0.3 is 5.97 Å². The predicted octanol–water partition coefficient (Wildman–Crippen LogP) is 3.09. The summed E-state index contributed by atoms with van der Waals surface area (Å²) in [5.74, 6) is 0.181. The van der Waals surface area contributed by atoms with Gasteiger partial charge in [-0.1, -0.05) is 39.7 Å². The normalized spacial score (nSPS) is 31.9. The Bertz CT molecular complexity index is 241. The number of allylic oxidation sites excluding steroid dienone is 1. The second-order valence-corrected chi connectivity index (χ2v) is 5.08. The number of aliphatic carboxylic acids is 1. The monoisotopic (exact) mass is 196 g/mol. The second-order valence-electron chi connectivity index (χ2n) is 5.08. The Kier molecular flexibility index (Phi) is 3.35. The Morgan fingerprint density at radius 3 is 2.64 bits per heavy atom. The van der Waals surface area contributed by atoms with Crippen LogP contribution in [0.25, 0.3) is 0 Å². The van der Waals surface area contributed by atoms with E-state index in [9.17, 15) is 4.79 Å². The number of hydrogen-bond donors (Lipinski definition) is 1. The Morgan fingerprint density at radius 2 is 2.14 bits per heavy atom. The van der Waals surface area contributed by atoms with E-state index in [1.807, 2.05) is 6.08 Å². The SMILES string of the molecule is C[C@H]1CCCC(C)(C)[C@@H]1C=CC(=O)O. The van der Waals surface area contributed by atoms with Gasteiger partial charge < -0.3 is 5.11 Å². The third-order valence-electron chi connectivity index (χ3n) is 3.44. The molecule has 0 amide bonds. The van der Waals surface area contributed by atoms with Crippen LogP contribution >= 0.6 is 0 Å². The lowest BCUT2D eigenvalue weighted by atomic mass is 9.64. The van der Waals surface area contributed by atoms with Crippen LogP contribution in [0, 0.1) is 17.3 Å². The van der Waals surface area contributed by atoms with Crippen molar-refractivity contribution in [2.45, 2.75) is 40.0 Å². The van der Waals surface area contributed by atoms with E-state index >= 15 is 0 Å². The van der Waals surface area contributed by atoms with Crippen molar-refractivity contribution in [1.82, 2.24) is 0 Å². The van der Waals surface area contributed by atoms with Gasteiger partial charge in [-0.25, -0.2) is 4.79 Å². The highest BCUT2D eigenvalue weighted by atomic mass is 16.4. The van der Waals surface area contributed by atoms with E-state index in [1.54, 1.807) is 0 Å². The average Bonchev–Trinajstić information content (AvgIpc) is 2.01. The summed E-state index contributed by atoms with van der Waals surface area (Å²) in [6.07, 6.45) is 6.87. The van der Waals surface area contributed by atoms with E-state index < -0.39 is 5.97 Å². The van der Waals surface area contributed by atoms with E-state index in [2.05, 4.69) is 20.8 Å². The minimum absolute atomic E-state index is 0.254. The molecule has 2 nitrogen and oxygen atoms in total. The number of hydrogen-bond acceptors (Lipinski definition) is 1. The van der Waals surface area contributed by atoms with Gasteiger partial charge in [-0.3, -0.25) is 0 Å². The fraction of sp³-hybridized carbons (Fsp3) is 0.750. The Balaban J connectivity index is 2.75. The van der Waals surface area contributed by atoms with Crippen LogP contribution in [-0.4, -0.2) is 11.1 Å². The molecule has 2 atom stereocenters. The van der Waals surface area contributed by atoms with Crippen molar-refractivity contribution < 1.29 is 9.90 Å². The van der Waals surface area contributed by atoms with Crippen molar-refractivity contribution in [3.05, 3.63) is 12.2 Å². The van der Waals surface area contributed by atoms with Gasteiger partial charge in [-0.05, 0) is 23.7 Å². The van der Waals surface area contributed by atoms with E-state index in [4.69, 9.17) is 5.11 Å². The van der Waals surface area contributed by atoms with Gasteiger partial charge in [0.05, 0.1) is 0 Å². The van der Waals surface area contributed by atoms with Crippen LogP contribution in [0.3, 0.4) is 0 Å². The van der Waals surface area contributed by atoms with E-state index in [-0.39, 0.29) is 5.41 Å². The van der Waals surface area contributed by atoms with Crippen molar-refractivity contribution in [2.75, 3.05) is 0 Å². The number of carbonyl (C=O) groups is 1. The summed E-state index contributed by atoms with van der Waals surface area (Å²) in [6.45, 7) is 6.69. The maximum absolute atomic E-state index is 10.5. The molecule has 1 aliphatic rings. The molecule has 0 heterocycles. The van der Waals surface area contributed by atoms with Crippen LogP contribution in [0.2, 0.25) is 0 Å². The Hall–Kier alpha value is -0.790. The lowest BCUT2D eigenvalue weighted by Gasteiger charge is -2.41. The van der Waals surface area contributed by atoms with Crippen LogP contribution in [0.4, 0.5) is 0 Å². The molecule has 0 aromatic carbocycles. The third kappa shape index (κ3) is 2.60. The number of carboxylic acid groups (broad SMARTS) is 1. The zero-order valence-electron chi connectivity index (χ0n) is 9.29. The van der Waals surface area contributed by atoms with Crippen LogP contribution in [0.1, 0.15) is 40.0 Å². The van der Waals surface area contributed by atoms with Crippen molar-refractivity contribution in [3.8, 4) is 0 Å². The van der Waals surface area contributed by atoms with Crippen LogP contribution in [0.15, 0.2) is 12.2 Å². The topological polar surface area (TPSA) is 37.3 Å². The minimum Gasteiger partial charge on any atom is -0.478 e. The lowest BCUT2D eigenvalue weighted by Crippen LogP contribution is -2.32. The summed E-state index contributed by atoms with van der Waals surface area (Å²) in [5, 5.41) is 8.61. The summed E-state index contributed by atoms with van der Waals surface area (Å²) in [7, 11) is 0. The summed E-state index contributed by atoms with van der Waals surface area (Å²) in [6, 6.07) is 0. The molecule has 0 aromatic rings.